The summed E-state index contributed by atoms with van der Waals surface area (Å²) in [5.41, 5.74) is 1.58. The first kappa shape index (κ1) is 25.5. The largest absolute Gasteiger partial charge is 0.444 e. The molecule has 0 aromatic heterocycles. The van der Waals surface area contributed by atoms with Crippen molar-refractivity contribution in [3.8, 4) is 0 Å². The Morgan fingerprint density at radius 3 is 1.90 bits per heavy atom. The predicted octanol–water partition coefficient (Wildman–Crippen LogP) is 3.63. The van der Waals surface area contributed by atoms with Gasteiger partial charge in [-0.2, -0.15) is 0 Å². The van der Waals surface area contributed by atoms with Crippen LogP contribution in [0.1, 0.15) is 71.2 Å². The highest BCUT2D eigenvalue weighted by Gasteiger charge is 2.33. The normalized spacial score (nSPS) is 13.8. The molecule has 2 atom stereocenters. The maximum atomic E-state index is 13.1. The lowest BCUT2D eigenvalue weighted by molar-refractivity contribution is -0.141. The van der Waals surface area contributed by atoms with E-state index in [0.29, 0.717) is 0 Å². The first-order chi connectivity index (χ1) is 13.5. The molecule has 168 valence electrons. The summed E-state index contributed by atoms with van der Waals surface area (Å²) in [6.45, 7) is 16.4. The topological polar surface area (TPSA) is 87.7 Å². The van der Waals surface area contributed by atoms with Crippen molar-refractivity contribution in [3.05, 3.63) is 34.9 Å². The van der Waals surface area contributed by atoms with E-state index >= 15 is 0 Å². The number of rotatable bonds is 5. The Hall–Kier alpha value is -2.57. The molecule has 0 fully saturated rings. The Morgan fingerprint density at radius 1 is 0.967 bits per heavy atom. The first-order valence-corrected chi connectivity index (χ1v) is 10.2. The maximum Gasteiger partial charge on any atom is 0.408 e. The van der Waals surface area contributed by atoms with Crippen LogP contribution in [0.3, 0.4) is 0 Å². The zero-order valence-corrected chi connectivity index (χ0v) is 20.0. The van der Waals surface area contributed by atoms with Gasteiger partial charge in [-0.25, -0.2) is 4.79 Å². The molecular weight excluding hydrogens is 382 g/mol. The summed E-state index contributed by atoms with van der Waals surface area (Å²) in [5.74, 6) is -0.679. The number of likely N-dealkylation sites (N-methyl/N-ethyl adjacent to an activating group) is 1. The molecule has 1 aromatic carbocycles. The number of nitrogens with one attached hydrogen (secondary N) is 2. The van der Waals surface area contributed by atoms with Gasteiger partial charge in [0.05, 0.1) is 0 Å². The Kier molecular flexibility index (Phi) is 8.06. The van der Waals surface area contributed by atoms with Crippen molar-refractivity contribution in [1.29, 1.82) is 0 Å². The highest BCUT2D eigenvalue weighted by Crippen LogP contribution is 2.24. The number of nitrogens with zero attached hydrogens (tertiary/aromatic N) is 1. The summed E-state index contributed by atoms with van der Waals surface area (Å²) in [6.07, 6.45) is -0.682. The summed E-state index contributed by atoms with van der Waals surface area (Å²) in [6, 6.07) is 4.11. The van der Waals surface area contributed by atoms with Gasteiger partial charge in [-0.1, -0.05) is 29.3 Å². The number of hydrogen-bond acceptors (Lipinski definition) is 4. The number of amides is 3. The van der Waals surface area contributed by atoms with Crippen molar-refractivity contribution in [1.82, 2.24) is 15.5 Å². The number of alkyl carbamates (subject to hydrolysis) is 1. The molecule has 0 spiro atoms. The van der Waals surface area contributed by atoms with Crippen LogP contribution in [0.5, 0.6) is 0 Å². The Balaban J connectivity index is 3.17. The van der Waals surface area contributed by atoms with E-state index in [9.17, 15) is 14.4 Å². The van der Waals surface area contributed by atoms with E-state index in [-0.39, 0.29) is 5.91 Å². The van der Waals surface area contributed by atoms with Crippen LogP contribution >= 0.6 is 0 Å². The van der Waals surface area contributed by atoms with Gasteiger partial charge in [0.25, 0.3) is 0 Å². The van der Waals surface area contributed by atoms with Crippen molar-refractivity contribution >= 4 is 17.9 Å². The van der Waals surface area contributed by atoms with Gasteiger partial charge in [0.15, 0.2) is 0 Å². The van der Waals surface area contributed by atoms with Crippen LogP contribution in [0.4, 0.5) is 4.79 Å². The van der Waals surface area contributed by atoms with Crippen molar-refractivity contribution < 1.29 is 19.1 Å². The molecule has 30 heavy (non-hydrogen) atoms. The van der Waals surface area contributed by atoms with Gasteiger partial charge in [-0.3, -0.25) is 9.59 Å². The molecule has 0 saturated carbocycles. The van der Waals surface area contributed by atoms with Gasteiger partial charge in [-0.15, -0.1) is 0 Å². The fourth-order valence-corrected chi connectivity index (χ4v) is 3.14. The highest BCUT2D eigenvalue weighted by molar-refractivity contribution is 5.92. The number of carbonyl (C=O) groups is 3. The van der Waals surface area contributed by atoms with E-state index in [1.165, 1.54) is 4.90 Å². The number of aryl methyl sites for hydroxylation is 2. The minimum atomic E-state index is -0.860. The zero-order chi connectivity index (χ0) is 23.4. The third kappa shape index (κ3) is 8.05. The molecule has 0 aliphatic heterocycles. The van der Waals surface area contributed by atoms with Gasteiger partial charge in [-0.05, 0) is 67.9 Å². The molecule has 2 N–H and O–H groups in total. The van der Waals surface area contributed by atoms with Gasteiger partial charge < -0.3 is 20.3 Å². The van der Waals surface area contributed by atoms with Crippen molar-refractivity contribution in [3.63, 3.8) is 0 Å². The molecule has 2 unspecified atom stereocenters. The van der Waals surface area contributed by atoms with E-state index in [1.54, 1.807) is 34.7 Å². The molecule has 0 radical (unpaired) electrons. The number of hydrogen-bond donors (Lipinski definition) is 2. The van der Waals surface area contributed by atoms with Crippen molar-refractivity contribution in [2.24, 2.45) is 0 Å². The highest BCUT2D eigenvalue weighted by atomic mass is 16.6. The molecular formula is C23H37N3O4. The standard InChI is InChI=1S/C23H37N3O4/c1-14-11-15(2)13-17(12-14)18(19(27)25-22(4,5)6)26(10)20(28)16(3)24-21(29)30-23(7,8)9/h11-13,16,18H,1-10H3,(H,24,29)(H,25,27). The summed E-state index contributed by atoms with van der Waals surface area (Å²) in [5, 5.41) is 5.51. The third-order valence-corrected chi connectivity index (χ3v) is 4.14. The molecule has 1 rings (SSSR count). The summed E-state index contributed by atoms with van der Waals surface area (Å²) in [7, 11) is 1.57. The fourth-order valence-electron chi connectivity index (χ4n) is 3.14. The average molecular weight is 420 g/mol. The van der Waals surface area contributed by atoms with Crippen molar-refractivity contribution in [2.45, 2.75) is 85.5 Å². The quantitative estimate of drug-likeness (QED) is 0.763. The van der Waals surface area contributed by atoms with Crippen LogP contribution in [-0.2, 0) is 14.3 Å². The van der Waals surface area contributed by atoms with E-state index in [4.69, 9.17) is 4.74 Å². The van der Waals surface area contributed by atoms with Crippen LogP contribution in [0.15, 0.2) is 18.2 Å². The lowest BCUT2D eigenvalue weighted by Crippen LogP contribution is -2.52. The SMILES string of the molecule is Cc1cc(C)cc(C(C(=O)NC(C)(C)C)N(C)C(=O)C(C)NC(=O)OC(C)(C)C)c1. The van der Waals surface area contributed by atoms with Crippen LogP contribution in [0.25, 0.3) is 0 Å². The second-order valence-electron chi connectivity index (χ2n) is 9.88. The Morgan fingerprint density at radius 2 is 1.47 bits per heavy atom. The summed E-state index contributed by atoms with van der Waals surface area (Å²) < 4.78 is 5.23. The number of benzene rings is 1. The molecule has 1 aromatic rings. The Bertz CT molecular complexity index is 770. The van der Waals surface area contributed by atoms with Gasteiger partial charge >= 0.3 is 6.09 Å². The molecule has 0 aliphatic rings. The number of carbonyl (C=O) groups excluding carboxylic acids is 3. The smallest absolute Gasteiger partial charge is 0.408 e. The van der Waals surface area contributed by atoms with Gasteiger partial charge in [0.1, 0.15) is 17.7 Å². The van der Waals surface area contributed by atoms with E-state index in [0.717, 1.165) is 16.7 Å². The average Bonchev–Trinajstić information content (AvgIpc) is 2.49. The monoisotopic (exact) mass is 419 g/mol. The summed E-state index contributed by atoms with van der Waals surface area (Å²) in [4.78, 5) is 39.7. The van der Waals surface area contributed by atoms with E-state index in [1.807, 2.05) is 52.8 Å². The van der Waals surface area contributed by atoms with E-state index < -0.39 is 35.2 Å². The molecule has 7 nitrogen and oxygen atoms in total. The van der Waals surface area contributed by atoms with Gasteiger partial charge in [0, 0.05) is 12.6 Å². The van der Waals surface area contributed by atoms with Crippen LogP contribution < -0.4 is 10.6 Å². The summed E-state index contributed by atoms with van der Waals surface area (Å²) >= 11 is 0. The first-order valence-electron chi connectivity index (χ1n) is 10.2. The van der Waals surface area contributed by atoms with Crippen LogP contribution in [0, 0.1) is 13.8 Å². The molecule has 3 amide bonds. The minimum absolute atomic E-state index is 0.284. The van der Waals surface area contributed by atoms with Crippen LogP contribution in [-0.4, -0.2) is 47.0 Å². The molecule has 0 bridgehead atoms. The van der Waals surface area contributed by atoms with Crippen LogP contribution in [0.2, 0.25) is 0 Å². The second-order valence-corrected chi connectivity index (χ2v) is 9.88. The fraction of sp³-hybridized carbons (Fsp3) is 0.609. The third-order valence-electron chi connectivity index (χ3n) is 4.14. The molecule has 7 heteroatoms. The van der Waals surface area contributed by atoms with Crippen molar-refractivity contribution in [2.75, 3.05) is 7.05 Å². The van der Waals surface area contributed by atoms with E-state index in [2.05, 4.69) is 10.6 Å². The molecule has 0 heterocycles. The predicted molar refractivity (Wildman–Crippen MR) is 118 cm³/mol. The lowest BCUT2D eigenvalue weighted by atomic mass is 9.98. The maximum absolute atomic E-state index is 13.1. The Labute approximate surface area is 180 Å². The minimum Gasteiger partial charge on any atom is -0.444 e. The second kappa shape index (κ2) is 9.49. The molecule has 0 aliphatic carbocycles. The van der Waals surface area contributed by atoms with Gasteiger partial charge in [0.2, 0.25) is 11.8 Å². The number of ether oxygens (including phenoxy) is 1. The molecule has 0 saturated heterocycles. The zero-order valence-electron chi connectivity index (χ0n) is 20.0. The lowest BCUT2D eigenvalue weighted by Gasteiger charge is -2.33.